The van der Waals surface area contributed by atoms with Crippen LogP contribution in [0.3, 0.4) is 0 Å². The van der Waals surface area contributed by atoms with Gasteiger partial charge in [0, 0.05) is 18.5 Å². The summed E-state index contributed by atoms with van der Waals surface area (Å²) in [6.07, 6.45) is 0.217. The van der Waals surface area contributed by atoms with Crippen LogP contribution in [0.4, 0.5) is 4.39 Å². The molecule has 0 saturated heterocycles. The van der Waals surface area contributed by atoms with Gasteiger partial charge in [-0.15, -0.1) is 0 Å². The Labute approximate surface area is 111 Å². The van der Waals surface area contributed by atoms with E-state index >= 15 is 0 Å². The van der Waals surface area contributed by atoms with Crippen LogP contribution < -0.4 is 5.32 Å². The lowest BCUT2D eigenvalue weighted by Gasteiger charge is -2.18. The second kappa shape index (κ2) is 5.11. The lowest BCUT2D eigenvalue weighted by molar-refractivity contribution is 0.140. The second-order valence-electron chi connectivity index (χ2n) is 4.92. The van der Waals surface area contributed by atoms with Crippen LogP contribution in [-0.4, -0.2) is 11.2 Å². The van der Waals surface area contributed by atoms with E-state index in [9.17, 15) is 9.50 Å². The van der Waals surface area contributed by atoms with Gasteiger partial charge in [-0.25, -0.2) is 4.39 Å². The van der Waals surface area contributed by atoms with Crippen LogP contribution in [0.2, 0.25) is 0 Å². The molecule has 0 aliphatic heterocycles. The molecular weight excluding hydrogens is 241 g/mol. The second-order valence-corrected chi connectivity index (χ2v) is 4.92. The first kappa shape index (κ1) is 12.3. The summed E-state index contributed by atoms with van der Waals surface area (Å²) >= 11 is 0. The maximum atomic E-state index is 13.6. The van der Waals surface area contributed by atoms with E-state index in [1.54, 1.807) is 12.1 Å². The van der Waals surface area contributed by atoms with Gasteiger partial charge in [-0.05, 0) is 17.2 Å². The molecule has 2 aromatic carbocycles. The molecular formula is C16H16FNO. The van der Waals surface area contributed by atoms with Crippen molar-refractivity contribution in [3.05, 3.63) is 71.0 Å². The van der Waals surface area contributed by atoms with Crippen LogP contribution in [0, 0.1) is 5.82 Å². The first-order valence-corrected chi connectivity index (χ1v) is 6.48. The summed E-state index contributed by atoms with van der Waals surface area (Å²) in [5, 5.41) is 13.4. The number of rotatable bonds is 3. The number of hydrogen-bond acceptors (Lipinski definition) is 2. The van der Waals surface area contributed by atoms with E-state index in [0.29, 0.717) is 18.5 Å². The molecule has 0 amide bonds. The Kier molecular flexibility index (Phi) is 3.32. The molecule has 0 saturated carbocycles. The van der Waals surface area contributed by atoms with Crippen molar-refractivity contribution in [2.75, 3.05) is 0 Å². The standard InChI is InChI=1S/C16H16FNO/c17-14-8-4-2-6-12(14)10-18-16-13-7-3-1-5-11(13)9-15(16)19/h1-8,15-16,18-19H,9-10H2/t15-,16+/m0/s1. The zero-order valence-electron chi connectivity index (χ0n) is 10.5. The fraction of sp³-hybridized carbons (Fsp3) is 0.250. The number of aliphatic hydroxyl groups is 1. The van der Waals surface area contributed by atoms with E-state index in [1.807, 2.05) is 30.3 Å². The van der Waals surface area contributed by atoms with Crippen LogP contribution >= 0.6 is 0 Å². The Morgan fingerprint density at radius 1 is 1.11 bits per heavy atom. The van der Waals surface area contributed by atoms with Crippen molar-refractivity contribution in [1.29, 1.82) is 0 Å². The van der Waals surface area contributed by atoms with E-state index in [-0.39, 0.29) is 11.9 Å². The number of nitrogens with one attached hydrogen (secondary N) is 1. The number of benzene rings is 2. The molecule has 0 aromatic heterocycles. The Hall–Kier alpha value is -1.71. The zero-order chi connectivity index (χ0) is 13.2. The molecule has 0 bridgehead atoms. The Morgan fingerprint density at radius 3 is 2.68 bits per heavy atom. The molecule has 0 heterocycles. The molecule has 19 heavy (non-hydrogen) atoms. The Bertz CT molecular complexity index is 584. The smallest absolute Gasteiger partial charge is 0.127 e. The number of halogens is 1. The van der Waals surface area contributed by atoms with Crippen molar-refractivity contribution >= 4 is 0 Å². The van der Waals surface area contributed by atoms with Crippen LogP contribution in [0.25, 0.3) is 0 Å². The molecule has 0 spiro atoms. The fourth-order valence-corrected chi connectivity index (χ4v) is 2.68. The number of fused-ring (bicyclic) bond motifs is 1. The van der Waals surface area contributed by atoms with E-state index in [0.717, 1.165) is 5.56 Å². The van der Waals surface area contributed by atoms with Crippen LogP contribution in [0.1, 0.15) is 22.7 Å². The first-order chi connectivity index (χ1) is 9.25. The summed E-state index contributed by atoms with van der Waals surface area (Å²) < 4.78 is 13.6. The average Bonchev–Trinajstić information content (AvgIpc) is 2.74. The van der Waals surface area contributed by atoms with Gasteiger partial charge in [0.25, 0.3) is 0 Å². The van der Waals surface area contributed by atoms with Crippen molar-refractivity contribution in [3.63, 3.8) is 0 Å². The van der Waals surface area contributed by atoms with E-state index in [4.69, 9.17) is 0 Å². The van der Waals surface area contributed by atoms with Crippen LogP contribution in [0.5, 0.6) is 0 Å². The fourth-order valence-electron chi connectivity index (χ4n) is 2.68. The summed E-state index contributed by atoms with van der Waals surface area (Å²) in [4.78, 5) is 0. The van der Waals surface area contributed by atoms with Gasteiger partial charge in [0.1, 0.15) is 5.82 Å². The highest BCUT2D eigenvalue weighted by molar-refractivity contribution is 5.36. The maximum Gasteiger partial charge on any atom is 0.127 e. The minimum absolute atomic E-state index is 0.115. The van der Waals surface area contributed by atoms with E-state index in [1.165, 1.54) is 11.6 Å². The third kappa shape index (κ3) is 2.39. The summed E-state index contributed by atoms with van der Waals surface area (Å²) in [5.74, 6) is -0.212. The molecule has 0 radical (unpaired) electrons. The van der Waals surface area contributed by atoms with Gasteiger partial charge in [-0.1, -0.05) is 42.5 Å². The first-order valence-electron chi connectivity index (χ1n) is 6.48. The summed E-state index contributed by atoms with van der Waals surface area (Å²) in [7, 11) is 0. The molecule has 1 aliphatic carbocycles. The van der Waals surface area contributed by atoms with Gasteiger partial charge in [-0.2, -0.15) is 0 Å². The molecule has 0 fully saturated rings. The summed E-state index contributed by atoms with van der Waals surface area (Å²) in [6.45, 7) is 0.419. The predicted octanol–water partition coefficient (Wildman–Crippen LogP) is 2.57. The van der Waals surface area contributed by atoms with Crippen molar-refractivity contribution in [3.8, 4) is 0 Å². The van der Waals surface area contributed by atoms with Gasteiger partial charge in [0.2, 0.25) is 0 Å². The number of hydrogen-bond donors (Lipinski definition) is 2. The van der Waals surface area contributed by atoms with Gasteiger partial charge in [0.05, 0.1) is 12.1 Å². The molecule has 98 valence electrons. The summed E-state index contributed by atoms with van der Waals surface area (Å²) in [6, 6.07) is 14.6. The van der Waals surface area contributed by atoms with Crippen molar-refractivity contribution in [2.45, 2.75) is 25.1 Å². The van der Waals surface area contributed by atoms with Crippen molar-refractivity contribution in [1.82, 2.24) is 5.32 Å². The molecule has 3 heteroatoms. The molecule has 0 unspecified atom stereocenters. The Morgan fingerprint density at radius 2 is 1.84 bits per heavy atom. The van der Waals surface area contributed by atoms with Crippen molar-refractivity contribution in [2.24, 2.45) is 0 Å². The molecule has 3 rings (SSSR count). The highest BCUT2D eigenvalue weighted by Crippen LogP contribution is 2.31. The van der Waals surface area contributed by atoms with E-state index < -0.39 is 6.10 Å². The molecule has 2 aromatic rings. The highest BCUT2D eigenvalue weighted by Gasteiger charge is 2.30. The van der Waals surface area contributed by atoms with Gasteiger partial charge < -0.3 is 10.4 Å². The molecule has 2 N–H and O–H groups in total. The highest BCUT2D eigenvalue weighted by atomic mass is 19.1. The van der Waals surface area contributed by atoms with Gasteiger partial charge in [0.15, 0.2) is 0 Å². The lowest BCUT2D eigenvalue weighted by atomic mass is 10.1. The minimum Gasteiger partial charge on any atom is -0.391 e. The predicted molar refractivity (Wildman–Crippen MR) is 72.1 cm³/mol. The van der Waals surface area contributed by atoms with Gasteiger partial charge in [-0.3, -0.25) is 0 Å². The van der Waals surface area contributed by atoms with Crippen LogP contribution in [-0.2, 0) is 13.0 Å². The quantitative estimate of drug-likeness (QED) is 0.885. The number of aliphatic hydroxyl groups excluding tert-OH is 1. The third-order valence-corrected chi connectivity index (χ3v) is 3.67. The minimum atomic E-state index is -0.441. The molecule has 2 nitrogen and oxygen atoms in total. The topological polar surface area (TPSA) is 32.3 Å². The molecule has 2 atom stereocenters. The zero-order valence-corrected chi connectivity index (χ0v) is 10.5. The van der Waals surface area contributed by atoms with Gasteiger partial charge >= 0.3 is 0 Å². The van der Waals surface area contributed by atoms with E-state index in [2.05, 4.69) is 5.32 Å². The average molecular weight is 257 g/mol. The monoisotopic (exact) mass is 257 g/mol. The third-order valence-electron chi connectivity index (χ3n) is 3.67. The summed E-state index contributed by atoms with van der Waals surface area (Å²) in [5.41, 5.74) is 2.91. The maximum absolute atomic E-state index is 13.6. The molecule has 1 aliphatic rings. The SMILES string of the molecule is O[C@H]1Cc2ccccc2[C@H]1NCc1ccccc1F. The van der Waals surface area contributed by atoms with Crippen LogP contribution in [0.15, 0.2) is 48.5 Å². The largest absolute Gasteiger partial charge is 0.391 e. The normalized spacial score (nSPS) is 21.4. The van der Waals surface area contributed by atoms with Crippen molar-refractivity contribution < 1.29 is 9.50 Å². The lowest BCUT2D eigenvalue weighted by Crippen LogP contribution is -2.28. The Balaban J connectivity index is 1.76.